The van der Waals surface area contributed by atoms with E-state index in [4.69, 9.17) is 4.74 Å². The van der Waals surface area contributed by atoms with E-state index in [1.54, 1.807) is 0 Å². The third-order valence-corrected chi connectivity index (χ3v) is 6.60. The molecular weight excluding hydrogens is 346 g/mol. The first-order valence-corrected chi connectivity index (χ1v) is 10.3. The summed E-state index contributed by atoms with van der Waals surface area (Å²) in [7, 11) is 1.52. The number of methoxy groups -OCH3 is 1. The number of allylic oxidation sites excluding steroid dienone is 2. The molecule has 2 aromatic rings. The Morgan fingerprint density at radius 3 is 2.32 bits per heavy atom. The maximum Gasteiger partial charge on any atom is 0.309 e. The van der Waals surface area contributed by atoms with E-state index in [9.17, 15) is 4.79 Å². The molecule has 1 heterocycles. The molecule has 0 amide bonds. The van der Waals surface area contributed by atoms with Crippen LogP contribution in [0.25, 0.3) is 0 Å². The van der Waals surface area contributed by atoms with Gasteiger partial charge in [-0.1, -0.05) is 72.8 Å². The number of esters is 1. The summed E-state index contributed by atoms with van der Waals surface area (Å²) in [6.07, 6.45) is 7.25. The highest BCUT2D eigenvalue weighted by Crippen LogP contribution is 2.46. The molecule has 1 aliphatic heterocycles. The Labute approximate surface area is 168 Å². The summed E-state index contributed by atoms with van der Waals surface area (Å²) in [5.74, 6) is 0.279. The zero-order valence-corrected chi connectivity index (χ0v) is 16.6. The van der Waals surface area contributed by atoms with E-state index in [0.29, 0.717) is 5.92 Å². The monoisotopic (exact) mass is 375 g/mol. The van der Waals surface area contributed by atoms with E-state index in [-0.39, 0.29) is 17.3 Å². The number of nitrogens with zero attached hydrogens (tertiary/aromatic N) is 1. The molecule has 1 spiro atoms. The number of likely N-dealkylation sites (tertiary alicyclic amines) is 1. The SMILES string of the molecule is COC(=O)[C@H]1CC=CC[C@]12CCN(CC(c1ccccc1)c1ccccc1)C2. The molecule has 0 bridgehead atoms. The molecule has 4 rings (SSSR count). The van der Waals surface area contributed by atoms with Gasteiger partial charge in [-0.3, -0.25) is 4.79 Å². The third kappa shape index (κ3) is 3.77. The summed E-state index contributed by atoms with van der Waals surface area (Å²) >= 11 is 0. The minimum absolute atomic E-state index is 0.0144. The van der Waals surface area contributed by atoms with Crippen molar-refractivity contribution >= 4 is 5.97 Å². The first kappa shape index (κ1) is 18.9. The van der Waals surface area contributed by atoms with Crippen LogP contribution in [-0.4, -0.2) is 37.6 Å². The van der Waals surface area contributed by atoms with Crippen molar-refractivity contribution in [3.63, 3.8) is 0 Å². The van der Waals surface area contributed by atoms with Gasteiger partial charge in [0.05, 0.1) is 13.0 Å². The quantitative estimate of drug-likeness (QED) is 0.563. The van der Waals surface area contributed by atoms with Crippen LogP contribution in [0.15, 0.2) is 72.8 Å². The van der Waals surface area contributed by atoms with Crippen molar-refractivity contribution in [1.82, 2.24) is 4.90 Å². The van der Waals surface area contributed by atoms with Crippen LogP contribution < -0.4 is 0 Å². The van der Waals surface area contributed by atoms with E-state index < -0.39 is 0 Å². The topological polar surface area (TPSA) is 29.5 Å². The maximum atomic E-state index is 12.4. The molecule has 3 nitrogen and oxygen atoms in total. The van der Waals surface area contributed by atoms with E-state index >= 15 is 0 Å². The minimum Gasteiger partial charge on any atom is -0.469 e. The van der Waals surface area contributed by atoms with E-state index in [2.05, 4.69) is 77.7 Å². The molecule has 2 aliphatic rings. The highest BCUT2D eigenvalue weighted by atomic mass is 16.5. The van der Waals surface area contributed by atoms with Crippen LogP contribution in [0, 0.1) is 11.3 Å². The molecule has 3 heteroatoms. The number of hydrogen-bond acceptors (Lipinski definition) is 3. The fourth-order valence-corrected chi connectivity index (χ4v) is 5.05. The second-order valence-electron chi connectivity index (χ2n) is 8.21. The maximum absolute atomic E-state index is 12.4. The van der Waals surface area contributed by atoms with Crippen LogP contribution in [0.2, 0.25) is 0 Å². The highest BCUT2D eigenvalue weighted by Gasteiger charge is 2.48. The van der Waals surface area contributed by atoms with Gasteiger partial charge in [0, 0.05) is 24.4 Å². The fraction of sp³-hybridized carbons (Fsp3) is 0.400. The van der Waals surface area contributed by atoms with Gasteiger partial charge in [0.2, 0.25) is 0 Å². The predicted molar refractivity (Wildman–Crippen MR) is 112 cm³/mol. The van der Waals surface area contributed by atoms with Crippen LogP contribution in [0.3, 0.4) is 0 Å². The molecule has 1 fully saturated rings. The molecule has 0 unspecified atom stereocenters. The van der Waals surface area contributed by atoms with Crippen molar-refractivity contribution < 1.29 is 9.53 Å². The minimum atomic E-state index is -0.0473. The number of benzene rings is 2. The van der Waals surface area contributed by atoms with Crippen molar-refractivity contribution in [2.75, 3.05) is 26.7 Å². The number of ether oxygens (including phenoxy) is 1. The average Bonchev–Trinajstić information content (AvgIpc) is 3.15. The molecule has 2 aromatic carbocycles. The van der Waals surface area contributed by atoms with Crippen LogP contribution in [0.4, 0.5) is 0 Å². The smallest absolute Gasteiger partial charge is 0.309 e. The van der Waals surface area contributed by atoms with Crippen molar-refractivity contribution in [2.24, 2.45) is 11.3 Å². The summed E-state index contributed by atoms with van der Waals surface area (Å²) in [5.41, 5.74) is 2.73. The number of carbonyl (C=O) groups excluding carboxylic acids is 1. The number of rotatable bonds is 5. The first-order chi connectivity index (χ1) is 13.7. The normalized spacial score (nSPS) is 24.7. The Balaban J connectivity index is 1.56. The van der Waals surface area contributed by atoms with Gasteiger partial charge in [0.1, 0.15) is 0 Å². The fourth-order valence-electron chi connectivity index (χ4n) is 5.05. The lowest BCUT2D eigenvalue weighted by atomic mass is 9.68. The van der Waals surface area contributed by atoms with Gasteiger partial charge in [-0.2, -0.15) is 0 Å². The summed E-state index contributed by atoms with van der Waals surface area (Å²) in [6.45, 7) is 2.98. The van der Waals surface area contributed by atoms with Crippen molar-refractivity contribution in [1.29, 1.82) is 0 Å². The van der Waals surface area contributed by atoms with E-state index in [0.717, 1.165) is 38.9 Å². The largest absolute Gasteiger partial charge is 0.469 e. The van der Waals surface area contributed by atoms with E-state index in [1.807, 2.05) is 0 Å². The second-order valence-corrected chi connectivity index (χ2v) is 8.21. The van der Waals surface area contributed by atoms with E-state index in [1.165, 1.54) is 18.2 Å². The lowest BCUT2D eigenvalue weighted by Gasteiger charge is -2.37. The Bertz CT molecular complexity index is 777. The Morgan fingerprint density at radius 1 is 1.07 bits per heavy atom. The van der Waals surface area contributed by atoms with Gasteiger partial charge < -0.3 is 9.64 Å². The van der Waals surface area contributed by atoms with Gasteiger partial charge in [0.25, 0.3) is 0 Å². The van der Waals surface area contributed by atoms with Gasteiger partial charge in [-0.25, -0.2) is 0 Å². The van der Waals surface area contributed by atoms with Crippen LogP contribution in [0.5, 0.6) is 0 Å². The van der Waals surface area contributed by atoms with Gasteiger partial charge >= 0.3 is 5.97 Å². The second kappa shape index (κ2) is 8.32. The van der Waals surface area contributed by atoms with Crippen molar-refractivity contribution in [2.45, 2.75) is 25.2 Å². The predicted octanol–water partition coefficient (Wildman–Crippen LogP) is 4.65. The summed E-state index contributed by atoms with van der Waals surface area (Å²) in [5, 5.41) is 0. The standard InChI is InChI=1S/C25H29NO2/c1-28-24(27)23-14-8-9-15-25(23)16-17-26(19-25)18-22(20-10-4-2-5-11-20)21-12-6-3-7-13-21/h2-13,22-23H,14-19H2,1H3/t23-,25-/m1/s1. The number of hydrogen-bond donors (Lipinski definition) is 0. The molecule has 146 valence electrons. The number of carbonyl (C=O) groups is 1. The summed E-state index contributed by atoms with van der Waals surface area (Å²) < 4.78 is 5.14. The molecule has 0 radical (unpaired) electrons. The lowest BCUT2D eigenvalue weighted by Crippen LogP contribution is -2.40. The van der Waals surface area contributed by atoms with Gasteiger partial charge in [0.15, 0.2) is 0 Å². The molecule has 0 N–H and O–H groups in total. The van der Waals surface area contributed by atoms with Crippen molar-refractivity contribution in [3.8, 4) is 0 Å². The highest BCUT2D eigenvalue weighted by molar-refractivity contribution is 5.74. The first-order valence-electron chi connectivity index (χ1n) is 10.3. The Morgan fingerprint density at radius 2 is 1.71 bits per heavy atom. The molecule has 1 saturated heterocycles. The van der Waals surface area contributed by atoms with Gasteiger partial charge in [-0.15, -0.1) is 0 Å². The summed E-state index contributed by atoms with van der Waals surface area (Å²) in [4.78, 5) is 15.0. The Kier molecular flexibility index (Phi) is 5.63. The van der Waals surface area contributed by atoms with Crippen LogP contribution in [0.1, 0.15) is 36.3 Å². The Hall–Kier alpha value is -2.39. The lowest BCUT2D eigenvalue weighted by molar-refractivity contribution is -0.150. The average molecular weight is 376 g/mol. The zero-order chi connectivity index (χ0) is 19.4. The molecule has 1 aliphatic carbocycles. The molecule has 2 atom stereocenters. The summed E-state index contributed by atoms with van der Waals surface area (Å²) in [6, 6.07) is 21.5. The molecule has 0 saturated carbocycles. The molecule has 28 heavy (non-hydrogen) atoms. The molecular formula is C25H29NO2. The van der Waals surface area contributed by atoms with Gasteiger partial charge in [-0.05, 0) is 36.9 Å². The third-order valence-electron chi connectivity index (χ3n) is 6.60. The zero-order valence-electron chi connectivity index (χ0n) is 16.6. The molecule has 0 aromatic heterocycles. The van der Waals surface area contributed by atoms with Crippen molar-refractivity contribution in [3.05, 3.63) is 83.9 Å². The van der Waals surface area contributed by atoms with Crippen LogP contribution >= 0.6 is 0 Å². The van der Waals surface area contributed by atoms with Crippen LogP contribution in [-0.2, 0) is 9.53 Å².